The maximum atomic E-state index is 8.94. The standard InChI is InChI=1S/AsH3O4.6FH.Li.H/c2-1(3,4)5;;;;;;;;/h(H3,2,3,4,5);6*1H;;. The van der Waals surface area contributed by atoms with Crippen LogP contribution >= 0.6 is 0 Å². The molecular weight excluding hydrogens is 260 g/mol. The van der Waals surface area contributed by atoms with E-state index in [1.54, 1.807) is 0 Å². The summed E-state index contributed by atoms with van der Waals surface area (Å²) in [6.07, 6.45) is 0. The molecule has 0 saturated heterocycles. The van der Waals surface area contributed by atoms with Gasteiger partial charge in [0.1, 0.15) is 0 Å². The van der Waals surface area contributed by atoms with Gasteiger partial charge in [-0.2, -0.15) is 0 Å². The average molecular weight is 270 g/mol. The molecule has 0 amide bonds. The van der Waals surface area contributed by atoms with Crippen LogP contribution in [0.15, 0.2) is 0 Å². The van der Waals surface area contributed by atoms with Crippen LogP contribution in [0.1, 0.15) is 0 Å². The Balaban J connectivity index is -0.00000000381. The van der Waals surface area contributed by atoms with Crippen LogP contribution in [-0.2, 0) is 3.74 Å². The summed E-state index contributed by atoms with van der Waals surface area (Å²) in [6.45, 7) is 0. The molecule has 0 spiro atoms. The third-order valence-electron chi connectivity index (χ3n) is 0. The van der Waals surface area contributed by atoms with Gasteiger partial charge in [-0.05, 0) is 0 Å². The van der Waals surface area contributed by atoms with Crippen LogP contribution in [0.3, 0.4) is 0 Å². The minimum absolute atomic E-state index is 0. The van der Waals surface area contributed by atoms with Crippen LogP contribution < -0.4 is 0 Å². The van der Waals surface area contributed by atoms with Crippen molar-refractivity contribution in [3.05, 3.63) is 0 Å². The van der Waals surface area contributed by atoms with E-state index in [0.717, 1.165) is 0 Å². The van der Waals surface area contributed by atoms with Gasteiger partial charge in [0.25, 0.3) is 0 Å². The predicted octanol–water partition coefficient (Wildman–Crippen LogP) is -1.90. The van der Waals surface area contributed by atoms with Gasteiger partial charge in [-0.25, -0.2) is 0 Å². The molecule has 0 radical (unpaired) electrons. The van der Waals surface area contributed by atoms with E-state index in [-0.39, 0.29) is 47.1 Å². The molecule has 0 bridgehead atoms. The zero-order chi connectivity index (χ0) is 4.50. The van der Waals surface area contributed by atoms with Crippen LogP contribution in [0.4, 0.5) is 28.2 Å². The van der Waals surface area contributed by atoms with E-state index in [2.05, 4.69) is 0 Å². The summed E-state index contributed by atoms with van der Waals surface area (Å²) >= 11 is -5.12. The van der Waals surface area contributed by atoms with Gasteiger partial charge in [-0.3, -0.25) is 28.2 Å². The van der Waals surface area contributed by atoms with E-state index in [9.17, 15) is 0 Å². The molecule has 0 unspecified atom stereocenters. The maximum absolute atomic E-state index is 8.94. The Bertz CT molecular complexity index is 65.7. The van der Waals surface area contributed by atoms with Gasteiger partial charge in [0, 0.05) is 0 Å². The van der Waals surface area contributed by atoms with Crippen molar-refractivity contribution in [1.82, 2.24) is 0 Å². The van der Waals surface area contributed by atoms with E-state index < -0.39 is 14.5 Å². The van der Waals surface area contributed by atoms with Crippen molar-refractivity contribution >= 4 is 33.4 Å². The Kier molecular flexibility index (Phi) is 208. The van der Waals surface area contributed by atoms with Gasteiger partial charge in [0.2, 0.25) is 0 Å². The first-order valence-electron chi connectivity index (χ1n) is 0.783. The molecule has 0 heterocycles. The van der Waals surface area contributed by atoms with E-state index >= 15 is 0 Å². The SMILES string of the molecule is F.F.F.F.F.F.O=[As](O)(O)O.[LiH]. The van der Waals surface area contributed by atoms with Gasteiger partial charge < -0.3 is 0 Å². The van der Waals surface area contributed by atoms with Crippen molar-refractivity contribution in [2.24, 2.45) is 0 Å². The molecule has 0 aromatic heterocycles. The molecule has 0 aromatic rings. The molecular formula is H10AsF6LiO4. The fourth-order valence-corrected chi connectivity index (χ4v) is 0. The van der Waals surface area contributed by atoms with Crippen LogP contribution in [0.5, 0.6) is 0 Å². The van der Waals surface area contributed by atoms with Crippen LogP contribution in [0, 0.1) is 0 Å². The van der Waals surface area contributed by atoms with Gasteiger partial charge in [-0.1, -0.05) is 0 Å². The molecule has 3 N–H and O–H groups in total. The predicted molar refractivity (Wildman–Crippen MR) is 35.3 cm³/mol. The zero-order valence-electron chi connectivity index (χ0n) is 4.65. The first kappa shape index (κ1) is 83.0. The normalized spacial score (nSPS) is 4.92. The van der Waals surface area contributed by atoms with E-state index in [1.165, 1.54) is 0 Å². The second kappa shape index (κ2) is 30.1. The Morgan fingerprint density at radius 2 is 0.667 bits per heavy atom. The second-order valence-electron chi connectivity index (χ2n) is 0.513. The van der Waals surface area contributed by atoms with Crippen molar-refractivity contribution in [3.8, 4) is 0 Å². The molecule has 0 saturated carbocycles. The van der Waals surface area contributed by atoms with Crippen molar-refractivity contribution in [2.75, 3.05) is 0 Å². The summed E-state index contributed by atoms with van der Waals surface area (Å²) in [4.78, 5) is 0. The van der Waals surface area contributed by atoms with Gasteiger partial charge >= 0.3 is 49.4 Å². The van der Waals surface area contributed by atoms with E-state index in [4.69, 9.17) is 16.0 Å². The molecule has 0 aliphatic heterocycles. The summed E-state index contributed by atoms with van der Waals surface area (Å²) in [6, 6.07) is 0. The molecule has 0 aliphatic rings. The fourth-order valence-electron chi connectivity index (χ4n) is 0. The Labute approximate surface area is 78.1 Å². The summed E-state index contributed by atoms with van der Waals surface area (Å²) in [5, 5.41) is 0. The molecule has 0 atom stereocenters. The van der Waals surface area contributed by atoms with Crippen molar-refractivity contribution in [1.29, 1.82) is 0 Å². The van der Waals surface area contributed by atoms with Gasteiger partial charge in [0.15, 0.2) is 0 Å². The molecule has 0 fully saturated rings. The Morgan fingerprint density at radius 3 is 0.667 bits per heavy atom. The molecule has 82 valence electrons. The van der Waals surface area contributed by atoms with Gasteiger partial charge in [0.05, 0.1) is 0 Å². The van der Waals surface area contributed by atoms with E-state index in [1.807, 2.05) is 0 Å². The van der Waals surface area contributed by atoms with Crippen LogP contribution in [0.2, 0.25) is 0 Å². The summed E-state index contributed by atoms with van der Waals surface area (Å²) in [7, 11) is 0. The molecule has 0 aliphatic carbocycles. The molecule has 12 heavy (non-hydrogen) atoms. The van der Waals surface area contributed by atoms with Crippen molar-refractivity contribution in [3.63, 3.8) is 0 Å². The molecule has 0 rings (SSSR count). The molecule has 4 nitrogen and oxygen atoms in total. The first-order chi connectivity index (χ1) is 2.00. The summed E-state index contributed by atoms with van der Waals surface area (Å²) < 4.78 is 30.7. The topological polar surface area (TPSA) is 77.8 Å². The first-order valence-corrected chi connectivity index (χ1v) is 4.07. The Hall–Kier alpha value is 0.416. The fraction of sp³-hybridized carbons (Fsp3) is 0. The van der Waals surface area contributed by atoms with Crippen molar-refractivity contribution < 1.29 is 44.3 Å². The average Bonchev–Trinajstić information content (AvgIpc) is 0.722. The zero-order valence-corrected chi connectivity index (χ0v) is 6.52. The number of hydrogen-bond acceptors (Lipinski definition) is 1. The van der Waals surface area contributed by atoms with E-state index in [0.29, 0.717) is 0 Å². The van der Waals surface area contributed by atoms with Crippen molar-refractivity contribution in [2.45, 2.75) is 0 Å². The monoisotopic (exact) mass is 270 g/mol. The third-order valence-corrected chi connectivity index (χ3v) is 0. The number of hydrogen-bond donors (Lipinski definition) is 3. The summed E-state index contributed by atoms with van der Waals surface area (Å²) in [5.74, 6) is 0. The third kappa shape index (κ3) is 5340. The number of rotatable bonds is 0. The van der Waals surface area contributed by atoms with Crippen LogP contribution in [0.25, 0.3) is 0 Å². The molecule has 12 heteroatoms. The van der Waals surface area contributed by atoms with Gasteiger partial charge in [-0.15, -0.1) is 0 Å². The second-order valence-corrected chi connectivity index (χ2v) is 2.67. The summed E-state index contributed by atoms with van der Waals surface area (Å²) in [5.41, 5.74) is 0. The minimum atomic E-state index is -5.12. The number of halogens is 6. The Morgan fingerprint density at radius 1 is 0.667 bits per heavy atom. The molecule has 0 aromatic carbocycles. The quantitative estimate of drug-likeness (QED) is 0.355. The van der Waals surface area contributed by atoms with Crippen LogP contribution in [-0.4, -0.2) is 45.7 Å².